The molecule has 0 unspecified atom stereocenters. The molecule has 35 heavy (non-hydrogen) atoms. The molecule has 0 spiro atoms. The van der Waals surface area contributed by atoms with Gasteiger partial charge in [-0.3, -0.25) is 19.0 Å². The number of nitrogens with one attached hydrogen (secondary N) is 1. The number of fused-ring (bicyclic) bond motifs is 1. The number of carbonyl (C=O) groups excluding carboxylic acids is 2. The predicted octanol–water partition coefficient (Wildman–Crippen LogP) is 1.34. The lowest BCUT2D eigenvalue weighted by Crippen LogP contribution is -2.46. The number of hydrogen-bond acceptors (Lipinski definition) is 8. The van der Waals surface area contributed by atoms with Crippen LogP contribution < -0.4 is 21.5 Å². The van der Waals surface area contributed by atoms with Crippen molar-refractivity contribution in [2.75, 3.05) is 31.1 Å². The first-order valence-corrected chi connectivity index (χ1v) is 11.8. The third-order valence-electron chi connectivity index (χ3n) is 6.34. The van der Waals surface area contributed by atoms with Crippen molar-refractivity contribution in [3.63, 3.8) is 0 Å². The van der Waals surface area contributed by atoms with Crippen LogP contribution in [0.4, 0.5) is 5.69 Å². The first-order valence-electron chi connectivity index (χ1n) is 11.8. The Labute approximate surface area is 202 Å². The van der Waals surface area contributed by atoms with Crippen LogP contribution in [0.25, 0.3) is 16.6 Å². The number of nitrogens with two attached hydrogens (primary N) is 1. The van der Waals surface area contributed by atoms with Crippen molar-refractivity contribution in [3.8, 4) is 5.69 Å². The van der Waals surface area contributed by atoms with Crippen molar-refractivity contribution in [2.24, 2.45) is 5.73 Å². The molecule has 1 amide bonds. The summed E-state index contributed by atoms with van der Waals surface area (Å²) in [6.07, 6.45) is 3.47. The van der Waals surface area contributed by atoms with Gasteiger partial charge in [-0.25, -0.2) is 4.98 Å². The van der Waals surface area contributed by atoms with Crippen LogP contribution in [-0.2, 0) is 16.2 Å². The largest absolute Gasteiger partial charge is 0.369 e. The summed E-state index contributed by atoms with van der Waals surface area (Å²) in [5, 5.41) is 5.10. The smallest absolute Gasteiger partial charge is 0.322 e. The Balaban J connectivity index is 1.47. The van der Waals surface area contributed by atoms with E-state index in [1.807, 2.05) is 18.2 Å². The highest BCUT2D eigenvalue weighted by Gasteiger charge is 2.24. The fourth-order valence-electron chi connectivity index (χ4n) is 4.30. The van der Waals surface area contributed by atoms with Crippen LogP contribution in [0, 0.1) is 0 Å². The average Bonchev–Trinajstić information content (AvgIpc) is 3.68. The van der Waals surface area contributed by atoms with Crippen LogP contribution in [0.2, 0.25) is 0 Å². The molecule has 0 atom stereocenters. The van der Waals surface area contributed by atoms with Crippen molar-refractivity contribution in [2.45, 2.75) is 32.4 Å². The molecule has 2 aromatic carbocycles. The Morgan fingerprint density at radius 3 is 2.57 bits per heavy atom. The van der Waals surface area contributed by atoms with Crippen molar-refractivity contribution >= 4 is 28.5 Å². The second-order valence-electron chi connectivity index (χ2n) is 8.92. The van der Waals surface area contributed by atoms with E-state index >= 15 is 0 Å². The first kappa shape index (κ1) is 23.0. The maximum atomic E-state index is 13.6. The van der Waals surface area contributed by atoms with Gasteiger partial charge in [-0.2, -0.15) is 0 Å². The molecule has 10 heteroatoms. The molecule has 3 aromatic rings. The molecule has 3 N–H and O–H groups in total. The Hall–Kier alpha value is -3.76. The second-order valence-corrected chi connectivity index (χ2v) is 8.92. The van der Waals surface area contributed by atoms with E-state index in [-0.39, 0.29) is 30.0 Å². The molecule has 1 aliphatic carbocycles. The number of anilines is 1. The summed E-state index contributed by atoms with van der Waals surface area (Å²) in [6.45, 7) is 4.07. The molecule has 182 valence electrons. The highest BCUT2D eigenvalue weighted by molar-refractivity contribution is 5.95. The Morgan fingerprint density at radius 2 is 1.89 bits per heavy atom. The Bertz CT molecular complexity index is 1340. The second kappa shape index (κ2) is 9.47. The molecular weight excluding hydrogens is 448 g/mol. The number of piperazine rings is 1. The maximum absolute atomic E-state index is 13.6. The fourth-order valence-corrected chi connectivity index (χ4v) is 4.30. The summed E-state index contributed by atoms with van der Waals surface area (Å²) in [6, 6.07) is 11.1. The molecule has 2 aliphatic rings. The van der Waals surface area contributed by atoms with Crippen LogP contribution in [0.3, 0.4) is 0 Å². The number of amides is 1. The van der Waals surface area contributed by atoms with Crippen LogP contribution in [0.15, 0.2) is 47.5 Å². The molecule has 1 saturated heterocycles. The van der Waals surface area contributed by atoms with E-state index in [9.17, 15) is 14.4 Å². The minimum Gasteiger partial charge on any atom is -0.369 e. The average molecular weight is 477 g/mol. The quantitative estimate of drug-likeness (QED) is 0.546. The highest BCUT2D eigenvalue weighted by atomic mass is 16.7. The normalized spacial score (nSPS) is 16.3. The van der Waals surface area contributed by atoms with Crippen LogP contribution in [0.5, 0.6) is 0 Å². The topological polar surface area (TPSA) is 123 Å². The third-order valence-corrected chi connectivity index (χ3v) is 6.34. The lowest BCUT2D eigenvalue weighted by molar-refractivity contribution is -0.188. The third kappa shape index (κ3) is 4.89. The van der Waals surface area contributed by atoms with Gasteiger partial charge in [0.25, 0.3) is 11.5 Å². The van der Waals surface area contributed by atoms with Crippen molar-refractivity contribution < 1.29 is 14.4 Å². The summed E-state index contributed by atoms with van der Waals surface area (Å²) in [5.41, 5.74) is 8.98. The summed E-state index contributed by atoms with van der Waals surface area (Å²) >= 11 is 0. The van der Waals surface area contributed by atoms with Gasteiger partial charge in [-0.15, -0.1) is 5.06 Å². The van der Waals surface area contributed by atoms with E-state index in [1.54, 1.807) is 23.3 Å². The first-order chi connectivity index (χ1) is 16.9. The van der Waals surface area contributed by atoms with Gasteiger partial charge < -0.3 is 20.8 Å². The fraction of sp³-hybridized carbons (Fsp3) is 0.360. The zero-order chi connectivity index (χ0) is 24.5. The van der Waals surface area contributed by atoms with Gasteiger partial charge in [0, 0.05) is 43.9 Å². The molecule has 1 aliphatic heterocycles. The molecule has 10 nitrogen and oxygen atoms in total. The molecule has 1 saturated carbocycles. The number of aromatic nitrogens is 2. The zero-order valence-electron chi connectivity index (χ0n) is 19.6. The van der Waals surface area contributed by atoms with E-state index in [1.165, 1.54) is 17.8 Å². The molecule has 0 bridgehead atoms. The van der Waals surface area contributed by atoms with Crippen LogP contribution >= 0.6 is 0 Å². The number of carbonyl (C=O) groups is 2. The van der Waals surface area contributed by atoms with Gasteiger partial charge in [0.15, 0.2) is 0 Å². The van der Waals surface area contributed by atoms with E-state index in [4.69, 9.17) is 10.6 Å². The summed E-state index contributed by atoms with van der Waals surface area (Å²) in [7, 11) is 0. The van der Waals surface area contributed by atoms with Gasteiger partial charge in [-0.05, 0) is 48.7 Å². The van der Waals surface area contributed by atoms with Crippen molar-refractivity contribution in [3.05, 3.63) is 64.2 Å². The molecule has 2 fully saturated rings. The van der Waals surface area contributed by atoms with Crippen LogP contribution in [0.1, 0.15) is 35.7 Å². The monoisotopic (exact) mass is 476 g/mol. The van der Waals surface area contributed by atoms with E-state index in [0.717, 1.165) is 24.1 Å². The van der Waals surface area contributed by atoms with Crippen molar-refractivity contribution in [1.82, 2.24) is 19.9 Å². The van der Waals surface area contributed by atoms with E-state index in [2.05, 4.69) is 15.2 Å². The number of hydrogen-bond donors (Lipinski definition) is 2. The van der Waals surface area contributed by atoms with Gasteiger partial charge >= 0.3 is 5.97 Å². The highest BCUT2D eigenvalue weighted by Crippen LogP contribution is 2.23. The van der Waals surface area contributed by atoms with Crippen LogP contribution in [-0.4, -0.2) is 58.7 Å². The number of benzene rings is 2. The van der Waals surface area contributed by atoms with Gasteiger partial charge in [0.1, 0.15) is 6.33 Å². The lowest BCUT2D eigenvalue weighted by atomic mass is 10.1. The predicted molar refractivity (Wildman–Crippen MR) is 131 cm³/mol. The number of hydroxylamine groups is 2. The zero-order valence-corrected chi connectivity index (χ0v) is 19.6. The Morgan fingerprint density at radius 1 is 1.11 bits per heavy atom. The molecule has 2 heterocycles. The maximum Gasteiger partial charge on any atom is 0.322 e. The standard InChI is InChI=1S/C25H28N6O4/c1-16(32)35-30-10-8-29(9-11-30)20-6-7-22-21(13-20)25(34)31(15-27-22)23-12-17(2-3-18(23)14-26)24(33)28-19-4-5-19/h2-3,6-7,12-13,15,19H,4-5,8-11,14,26H2,1H3,(H,28,33). The van der Waals surface area contributed by atoms with E-state index in [0.29, 0.717) is 48.3 Å². The molecule has 0 radical (unpaired) electrons. The summed E-state index contributed by atoms with van der Waals surface area (Å²) in [5.74, 6) is -0.490. The van der Waals surface area contributed by atoms with Gasteiger partial charge in [-0.1, -0.05) is 6.07 Å². The Kier molecular flexibility index (Phi) is 6.23. The van der Waals surface area contributed by atoms with Gasteiger partial charge in [0.2, 0.25) is 0 Å². The summed E-state index contributed by atoms with van der Waals surface area (Å²) < 4.78 is 1.46. The number of rotatable bonds is 6. The minimum absolute atomic E-state index is 0.158. The SMILES string of the molecule is CC(=O)ON1CCN(c2ccc3ncn(-c4cc(C(=O)NC5CC5)ccc4CN)c(=O)c3c2)CC1. The molecule has 5 rings (SSSR count). The number of nitrogens with zero attached hydrogens (tertiary/aromatic N) is 4. The summed E-state index contributed by atoms with van der Waals surface area (Å²) in [4.78, 5) is 49.2. The minimum atomic E-state index is -0.332. The molecule has 1 aromatic heterocycles. The van der Waals surface area contributed by atoms with Crippen molar-refractivity contribution in [1.29, 1.82) is 0 Å². The van der Waals surface area contributed by atoms with E-state index < -0.39 is 0 Å². The van der Waals surface area contributed by atoms with Gasteiger partial charge in [0.05, 0.1) is 29.7 Å². The lowest BCUT2D eigenvalue weighted by Gasteiger charge is -2.34. The molecular formula is C25H28N6O4.